The van der Waals surface area contributed by atoms with E-state index in [1.165, 1.54) is 0 Å². The summed E-state index contributed by atoms with van der Waals surface area (Å²) in [5.74, 6) is 1.93. The van der Waals surface area contributed by atoms with Crippen LogP contribution >= 0.6 is 59.6 Å². The zero-order chi connectivity index (χ0) is 30.3. The molecule has 2 fully saturated rings. The summed E-state index contributed by atoms with van der Waals surface area (Å²) >= 11 is 2.44. The number of halogens is 1. The minimum absolute atomic E-state index is 0.0545. The van der Waals surface area contributed by atoms with E-state index in [1.807, 2.05) is 38.1 Å². The van der Waals surface area contributed by atoms with Gasteiger partial charge in [0.05, 0.1) is 10.3 Å². The second-order valence-corrected chi connectivity index (χ2v) is 17.4. The van der Waals surface area contributed by atoms with E-state index in [4.69, 9.17) is 14.5 Å². The lowest BCUT2D eigenvalue weighted by Gasteiger charge is -2.45. The van der Waals surface area contributed by atoms with Gasteiger partial charge in [-0.25, -0.2) is 4.98 Å². The molecule has 5 unspecified atom stereocenters. The number of aryl methyl sites for hydroxylation is 1. The molecule has 42 heavy (non-hydrogen) atoms. The largest absolute Gasteiger partial charge is 0.497 e. The van der Waals surface area contributed by atoms with Gasteiger partial charge in [0, 0.05) is 36.4 Å². The van der Waals surface area contributed by atoms with Crippen LogP contribution in [0.3, 0.4) is 0 Å². The smallest absolute Gasteiger partial charge is 0.251 e. The fraction of sp³-hybridized carbons (Fsp3) is 0.345. The fourth-order valence-electron chi connectivity index (χ4n) is 5.47. The number of carbonyl (C=O) groups excluding carboxylic acids is 2. The molecule has 3 aromatic rings. The Kier molecular flexibility index (Phi) is 9.67. The number of ether oxygens (including phenoxy) is 2. The van der Waals surface area contributed by atoms with Crippen LogP contribution in [0.15, 0.2) is 48.5 Å². The minimum atomic E-state index is -0.792. The molecule has 222 valence electrons. The lowest BCUT2D eigenvalue weighted by molar-refractivity contribution is -0.118. The number of alkyl halides is 1. The molecular formula is C29H35IN4O4P4. The van der Waals surface area contributed by atoms with Crippen molar-refractivity contribution >= 4 is 93.6 Å². The van der Waals surface area contributed by atoms with E-state index in [0.717, 1.165) is 46.4 Å². The molecule has 2 amide bonds. The zero-order valence-corrected chi connectivity index (χ0v) is 30.4. The summed E-state index contributed by atoms with van der Waals surface area (Å²) in [4.78, 5) is 36.5. The van der Waals surface area contributed by atoms with Crippen molar-refractivity contribution in [3.8, 4) is 11.5 Å². The highest BCUT2D eigenvalue weighted by atomic mass is 127. The molecule has 0 aliphatic carbocycles. The van der Waals surface area contributed by atoms with Crippen LogP contribution in [0, 0.1) is 6.92 Å². The van der Waals surface area contributed by atoms with Crippen molar-refractivity contribution in [3.63, 3.8) is 0 Å². The van der Waals surface area contributed by atoms with E-state index in [-0.39, 0.29) is 26.7 Å². The number of rotatable bonds is 8. The number of carbonyl (C=O) groups is 2. The molecule has 7 atom stereocenters. The second kappa shape index (κ2) is 12.8. The lowest BCUT2D eigenvalue weighted by atomic mass is 9.90. The number of amides is 2. The number of nitrogens with one attached hydrogen (secondary N) is 1. The van der Waals surface area contributed by atoms with Gasteiger partial charge in [-0.2, -0.15) is 0 Å². The van der Waals surface area contributed by atoms with Crippen LogP contribution in [-0.2, 0) is 4.79 Å². The molecule has 0 saturated carbocycles. The topological polar surface area (TPSA) is 84.0 Å². The highest BCUT2D eigenvalue weighted by molar-refractivity contribution is 14.1. The highest BCUT2D eigenvalue weighted by Crippen LogP contribution is 2.40. The van der Waals surface area contributed by atoms with Crippen LogP contribution in [0.5, 0.6) is 11.5 Å². The number of aromatic nitrogens is 1. The molecule has 5 rings (SSSR count). The Hall–Kier alpha value is -1.62. The van der Waals surface area contributed by atoms with E-state index in [0.29, 0.717) is 23.7 Å². The average molecular weight is 754 g/mol. The third-order valence-corrected chi connectivity index (χ3v) is 9.53. The lowest BCUT2D eigenvalue weighted by Crippen LogP contribution is -2.54. The van der Waals surface area contributed by atoms with Crippen LogP contribution in [0.4, 0.5) is 11.6 Å². The molecule has 0 spiro atoms. The van der Waals surface area contributed by atoms with Crippen molar-refractivity contribution in [2.24, 2.45) is 0 Å². The molecule has 1 N–H and O–H groups in total. The molecule has 8 nitrogen and oxygen atoms in total. The van der Waals surface area contributed by atoms with E-state index >= 15 is 0 Å². The quantitative estimate of drug-likeness (QED) is 0.215. The summed E-state index contributed by atoms with van der Waals surface area (Å²) in [6.07, 6.45) is 0. The molecule has 2 saturated heterocycles. The van der Waals surface area contributed by atoms with Crippen LogP contribution in [0.2, 0.25) is 0 Å². The molecule has 3 heterocycles. The molecular weight excluding hydrogens is 719 g/mol. The van der Waals surface area contributed by atoms with Gasteiger partial charge in [0.25, 0.3) is 11.8 Å². The van der Waals surface area contributed by atoms with Crippen LogP contribution in [0.1, 0.15) is 34.3 Å². The average Bonchev–Trinajstić information content (AvgIpc) is 3.22. The number of hydrogen-bond donors (Lipinski definition) is 1. The van der Waals surface area contributed by atoms with Gasteiger partial charge in [0.2, 0.25) is 0 Å². The summed E-state index contributed by atoms with van der Waals surface area (Å²) < 4.78 is 11.3. The van der Waals surface area contributed by atoms with Crippen molar-refractivity contribution in [3.05, 3.63) is 65.2 Å². The van der Waals surface area contributed by atoms with Gasteiger partial charge in [-0.05, 0) is 78.8 Å². The Morgan fingerprint density at radius 1 is 1.12 bits per heavy atom. The third kappa shape index (κ3) is 6.71. The van der Waals surface area contributed by atoms with Gasteiger partial charge in [0.1, 0.15) is 35.0 Å². The Morgan fingerprint density at radius 3 is 2.40 bits per heavy atom. The summed E-state index contributed by atoms with van der Waals surface area (Å²) in [7, 11) is 12.6. The van der Waals surface area contributed by atoms with Crippen molar-refractivity contribution in [1.82, 2.24) is 10.3 Å². The van der Waals surface area contributed by atoms with Crippen molar-refractivity contribution in [1.29, 1.82) is 0 Å². The van der Waals surface area contributed by atoms with Crippen LogP contribution < -0.4 is 35.2 Å². The standard InChI is InChI=1S/C29H35IN4O4P4/c1-15-10-19(37-3)11-22(41)24(15)20-12-34(26-21(40)8-9-23(31-26)33-13-29(30,42)14-33)28(36)25(20)32-27(35)17-4-6-18(7-5-17)38-16(2)39/h4-11,16,20,25H,12-14,39-42H2,1-3H3,(H,32,35)/t16?,20-,25-/m0/s1. The first kappa shape index (κ1) is 31.8. The molecule has 2 aliphatic heterocycles. The number of methoxy groups -OCH3 is 1. The predicted molar refractivity (Wildman–Crippen MR) is 192 cm³/mol. The van der Waals surface area contributed by atoms with Crippen LogP contribution in [0.25, 0.3) is 0 Å². The predicted octanol–water partition coefficient (Wildman–Crippen LogP) is 3.75. The first-order valence-corrected chi connectivity index (χ1v) is 16.9. The van der Waals surface area contributed by atoms with Gasteiger partial charge in [-0.15, -0.1) is 27.7 Å². The van der Waals surface area contributed by atoms with E-state index in [1.54, 1.807) is 36.3 Å². The first-order valence-electron chi connectivity index (χ1n) is 13.4. The maximum Gasteiger partial charge on any atom is 0.251 e. The van der Waals surface area contributed by atoms with Crippen LogP contribution in [-0.4, -0.2) is 58.6 Å². The second-order valence-electron chi connectivity index (χ2n) is 10.8. The van der Waals surface area contributed by atoms with Crippen molar-refractivity contribution in [2.45, 2.75) is 34.8 Å². The van der Waals surface area contributed by atoms with Gasteiger partial charge in [0.15, 0.2) is 0 Å². The number of anilines is 2. The SMILES string of the molecule is COc1cc(C)c([C@@H]2CN(c3nc(N4CC(P)(I)C4)ccc3P)C(=O)[C@H]2NC(=O)c2ccc(OC(C)P)cc2)c(P)c1. The molecule has 2 aromatic carbocycles. The van der Waals surface area contributed by atoms with Gasteiger partial charge < -0.3 is 19.7 Å². The van der Waals surface area contributed by atoms with E-state index in [2.05, 4.69) is 69.8 Å². The first-order chi connectivity index (χ1) is 19.9. The fourth-order valence-corrected chi connectivity index (χ4v) is 7.82. The Morgan fingerprint density at radius 2 is 1.81 bits per heavy atom. The number of benzene rings is 2. The molecule has 2 aliphatic rings. The zero-order valence-electron chi connectivity index (χ0n) is 23.6. The highest BCUT2D eigenvalue weighted by Gasteiger charge is 2.45. The summed E-state index contributed by atoms with van der Waals surface area (Å²) in [5, 5.41) is 4.81. The normalized spacial score (nSPS) is 20.2. The summed E-state index contributed by atoms with van der Waals surface area (Å²) in [5.41, 5.74) is 2.42. The Balaban J connectivity index is 1.49. The molecule has 13 heteroatoms. The maximum atomic E-state index is 14.2. The Bertz CT molecular complexity index is 1490. The van der Waals surface area contributed by atoms with E-state index in [9.17, 15) is 9.59 Å². The minimum Gasteiger partial charge on any atom is -0.497 e. The summed E-state index contributed by atoms with van der Waals surface area (Å²) in [6, 6.07) is 14.0. The van der Waals surface area contributed by atoms with Crippen molar-refractivity contribution < 1.29 is 19.1 Å². The van der Waals surface area contributed by atoms with E-state index < -0.39 is 6.04 Å². The third-order valence-electron chi connectivity index (χ3n) is 7.42. The van der Waals surface area contributed by atoms with Gasteiger partial charge in [-0.1, -0.05) is 31.8 Å². The number of pyridine rings is 1. The maximum absolute atomic E-state index is 14.2. The molecule has 1 aromatic heterocycles. The number of hydrogen-bond acceptors (Lipinski definition) is 6. The molecule has 0 bridgehead atoms. The summed E-state index contributed by atoms with van der Waals surface area (Å²) in [6.45, 7) is 6.01. The van der Waals surface area contributed by atoms with Gasteiger partial charge >= 0.3 is 0 Å². The number of nitrogens with zero attached hydrogens (tertiary/aromatic N) is 3. The monoisotopic (exact) mass is 754 g/mol. The van der Waals surface area contributed by atoms with Crippen molar-refractivity contribution in [2.75, 3.05) is 36.5 Å². The van der Waals surface area contributed by atoms with Gasteiger partial charge in [-0.3, -0.25) is 14.5 Å². The molecule has 0 radical (unpaired) electrons. The Labute approximate surface area is 269 Å².